The molecule has 1 fully saturated rings. The molecule has 1 aliphatic rings. The summed E-state index contributed by atoms with van der Waals surface area (Å²) in [6.45, 7) is 7.37. The molecule has 0 aromatic carbocycles. The minimum atomic E-state index is -0.853. The van der Waals surface area contributed by atoms with E-state index in [1.807, 2.05) is 0 Å². The minimum absolute atomic E-state index is 0.0169. The van der Waals surface area contributed by atoms with Crippen molar-refractivity contribution in [1.29, 1.82) is 0 Å². The van der Waals surface area contributed by atoms with Crippen molar-refractivity contribution in [2.75, 3.05) is 13.1 Å². The molecule has 0 radical (unpaired) electrons. The van der Waals surface area contributed by atoms with E-state index in [2.05, 4.69) is 26.1 Å². The zero-order chi connectivity index (χ0) is 12.3. The van der Waals surface area contributed by atoms with Crippen LogP contribution in [-0.4, -0.2) is 41.1 Å². The van der Waals surface area contributed by atoms with Crippen LogP contribution < -0.4 is 5.32 Å². The van der Waals surface area contributed by atoms with Gasteiger partial charge in [-0.3, -0.25) is 4.79 Å². The number of hydrogen-bond acceptors (Lipinski definition) is 2. The topological polar surface area (TPSA) is 69.6 Å². The van der Waals surface area contributed by atoms with Crippen molar-refractivity contribution in [2.45, 2.75) is 39.7 Å². The van der Waals surface area contributed by atoms with E-state index in [-0.39, 0.29) is 23.9 Å². The van der Waals surface area contributed by atoms with Crippen LogP contribution in [0.2, 0.25) is 0 Å². The Morgan fingerprint density at radius 3 is 2.56 bits per heavy atom. The summed E-state index contributed by atoms with van der Waals surface area (Å²) in [6, 6.07) is -0.351. The summed E-state index contributed by atoms with van der Waals surface area (Å²) in [5.41, 5.74) is 0.0169. The molecule has 1 unspecified atom stereocenters. The van der Waals surface area contributed by atoms with E-state index >= 15 is 0 Å². The highest BCUT2D eigenvalue weighted by atomic mass is 16.4. The fourth-order valence-electron chi connectivity index (χ4n) is 2.04. The molecule has 92 valence electrons. The summed E-state index contributed by atoms with van der Waals surface area (Å²) < 4.78 is 0. The maximum Gasteiger partial charge on any atom is 0.317 e. The Kier molecular flexibility index (Phi) is 3.78. The Morgan fingerprint density at radius 1 is 1.56 bits per heavy atom. The van der Waals surface area contributed by atoms with Crippen LogP contribution in [-0.2, 0) is 4.79 Å². The number of aliphatic carboxylic acids is 1. The van der Waals surface area contributed by atoms with Crippen molar-refractivity contribution < 1.29 is 14.7 Å². The number of amides is 2. The van der Waals surface area contributed by atoms with Crippen molar-refractivity contribution in [1.82, 2.24) is 10.2 Å². The minimum Gasteiger partial charge on any atom is -0.481 e. The molecule has 0 bridgehead atoms. The number of carboxylic acids is 1. The summed E-state index contributed by atoms with van der Waals surface area (Å²) >= 11 is 0. The van der Waals surface area contributed by atoms with Gasteiger partial charge in [-0.05, 0) is 11.8 Å². The molecule has 0 aromatic heterocycles. The summed E-state index contributed by atoms with van der Waals surface area (Å²) in [5.74, 6) is -0.853. The second-order valence-electron chi connectivity index (χ2n) is 5.44. The van der Waals surface area contributed by atoms with Gasteiger partial charge in [0.2, 0.25) is 0 Å². The van der Waals surface area contributed by atoms with E-state index < -0.39 is 5.97 Å². The van der Waals surface area contributed by atoms with E-state index in [0.717, 1.165) is 0 Å². The first-order valence-electron chi connectivity index (χ1n) is 5.56. The van der Waals surface area contributed by atoms with E-state index in [1.54, 1.807) is 4.90 Å². The molecule has 1 atom stereocenters. The highest BCUT2D eigenvalue weighted by molar-refractivity contribution is 5.77. The molecule has 16 heavy (non-hydrogen) atoms. The SMILES string of the molecule is CC(C)(C)CC(CC(=O)O)N1CCNC1=O. The van der Waals surface area contributed by atoms with Crippen LogP contribution in [0.15, 0.2) is 0 Å². The largest absolute Gasteiger partial charge is 0.481 e. The summed E-state index contributed by atoms with van der Waals surface area (Å²) in [7, 11) is 0. The predicted molar refractivity (Wildman–Crippen MR) is 60.2 cm³/mol. The van der Waals surface area contributed by atoms with Crippen LogP contribution in [0.4, 0.5) is 4.79 Å². The molecule has 5 nitrogen and oxygen atoms in total. The number of carbonyl (C=O) groups excluding carboxylic acids is 1. The molecule has 1 rings (SSSR count). The van der Waals surface area contributed by atoms with E-state index in [9.17, 15) is 9.59 Å². The van der Waals surface area contributed by atoms with Crippen LogP contribution >= 0.6 is 0 Å². The van der Waals surface area contributed by atoms with Crippen molar-refractivity contribution in [3.8, 4) is 0 Å². The van der Waals surface area contributed by atoms with Gasteiger partial charge >= 0.3 is 12.0 Å². The Labute approximate surface area is 95.8 Å². The van der Waals surface area contributed by atoms with Crippen LogP contribution in [0.25, 0.3) is 0 Å². The number of urea groups is 1. The molecule has 0 aliphatic carbocycles. The second kappa shape index (κ2) is 4.72. The number of carboxylic acid groups (broad SMARTS) is 1. The highest BCUT2D eigenvalue weighted by Gasteiger charge is 2.32. The maximum atomic E-state index is 11.5. The fraction of sp³-hybridized carbons (Fsp3) is 0.818. The Hall–Kier alpha value is -1.26. The number of nitrogens with zero attached hydrogens (tertiary/aromatic N) is 1. The number of carbonyl (C=O) groups is 2. The summed E-state index contributed by atoms with van der Waals surface area (Å²) in [5, 5.41) is 11.6. The fourth-order valence-corrected chi connectivity index (χ4v) is 2.04. The number of nitrogens with one attached hydrogen (secondary N) is 1. The van der Waals surface area contributed by atoms with Gasteiger partial charge in [0.25, 0.3) is 0 Å². The summed E-state index contributed by atoms with van der Waals surface area (Å²) in [6.07, 6.45) is 0.720. The van der Waals surface area contributed by atoms with Crippen molar-refractivity contribution in [2.24, 2.45) is 5.41 Å². The molecular weight excluding hydrogens is 208 g/mol. The third-order valence-corrected chi connectivity index (χ3v) is 2.59. The van der Waals surface area contributed by atoms with Gasteiger partial charge in [0, 0.05) is 19.1 Å². The zero-order valence-electron chi connectivity index (χ0n) is 10.1. The Morgan fingerprint density at radius 2 is 2.19 bits per heavy atom. The molecule has 0 aromatic rings. The zero-order valence-corrected chi connectivity index (χ0v) is 10.1. The molecule has 1 saturated heterocycles. The second-order valence-corrected chi connectivity index (χ2v) is 5.44. The van der Waals surface area contributed by atoms with Crippen LogP contribution in [0.3, 0.4) is 0 Å². The normalized spacial score (nSPS) is 18.4. The lowest BCUT2D eigenvalue weighted by molar-refractivity contribution is -0.138. The highest BCUT2D eigenvalue weighted by Crippen LogP contribution is 2.26. The molecule has 0 spiro atoms. The van der Waals surface area contributed by atoms with E-state index in [0.29, 0.717) is 19.5 Å². The lowest BCUT2D eigenvalue weighted by Gasteiger charge is -2.31. The average Bonchev–Trinajstić information content (AvgIpc) is 2.46. The lowest BCUT2D eigenvalue weighted by Crippen LogP contribution is -2.41. The maximum absolute atomic E-state index is 11.5. The smallest absolute Gasteiger partial charge is 0.317 e. The lowest BCUT2D eigenvalue weighted by atomic mass is 9.86. The van der Waals surface area contributed by atoms with Gasteiger partial charge in [0.1, 0.15) is 0 Å². The van der Waals surface area contributed by atoms with Gasteiger partial charge in [-0.1, -0.05) is 20.8 Å². The third kappa shape index (κ3) is 3.72. The molecule has 5 heteroatoms. The predicted octanol–water partition coefficient (Wildman–Crippen LogP) is 1.29. The first-order valence-corrected chi connectivity index (χ1v) is 5.56. The molecule has 1 heterocycles. The standard InChI is InChI=1S/C11H20N2O3/c1-11(2,3)7-8(6-9(14)15)13-5-4-12-10(13)16/h8H,4-7H2,1-3H3,(H,12,16)(H,14,15). The molecule has 0 saturated carbocycles. The molecule has 2 amide bonds. The van der Waals surface area contributed by atoms with Gasteiger partial charge in [-0.25, -0.2) is 4.79 Å². The first kappa shape index (κ1) is 12.8. The van der Waals surface area contributed by atoms with Gasteiger partial charge in [0.05, 0.1) is 6.42 Å². The van der Waals surface area contributed by atoms with Crippen LogP contribution in [0, 0.1) is 5.41 Å². The quantitative estimate of drug-likeness (QED) is 0.761. The number of rotatable bonds is 4. The van der Waals surface area contributed by atoms with E-state index in [4.69, 9.17) is 5.11 Å². The summed E-state index contributed by atoms with van der Waals surface area (Å²) in [4.78, 5) is 23.9. The van der Waals surface area contributed by atoms with Crippen molar-refractivity contribution >= 4 is 12.0 Å². The molecule has 1 aliphatic heterocycles. The van der Waals surface area contributed by atoms with Crippen LogP contribution in [0.5, 0.6) is 0 Å². The van der Waals surface area contributed by atoms with Gasteiger partial charge < -0.3 is 15.3 Å². The van der Waals surface area contributed by atoms with Gasteiger partial charge in [-0.15, -0.1) is 0 Å². The van der Waals surface area contributed by atoms with Crippen molar-refractivity contribution in [3.63, 3.8) is 0 Å². The Balaban J connectivity index is 2.70. The number of hydrogen-bond donors (Lipinski definition) is 2. The average molecular weight is 228 g/mol. The molecular formula is C11H20N2O3. The van der Waals surface area contributed by atoms with Gasteiger partial charge in [-0.2, -0.15) is 0 Å². The van der Waals surface area contributed by atoms with Crippen LogP contribution in [0.1, 0.15) is 33.6 Å². The van der Waals surface area contributed by atoms with Gasteiger partial charge in [0.15, 0.2) is 0 Å². The van der Waals surface area contributed by atoms with E-state index in [1.165, 1.54) is 0 Å². The molecule has 2 N–H and O–H groups in total. The monoisotopic (exact) mass is 228 g/mol. The Bertz CT molecular complexity index is 283. The third-order valence-electron chi connectivity index (χ3n) is 2.59. The first-order chi connectivity index (χ1) is 7.29. The van der Waals surface area contributed by atoms with Crippen molar-refractivity contribution in [3.05, 3.63) is 0 Å².